The third-order valence-corrected chi connectivity index (χ3v) is 3.95. The quantitative estimate of drug-likeness (QED) is 0.592. The van der Waals surface area contributed by atoms with E-state index in [1.165, 1.54) is 24.3 Å². The predicted molar refractivity (Wildman–Crippen MR) is 92.3 cm³/mol. The number of benzene rings is 1. The molecule has 2 unspecified atom stereocenters. The van der Waals surface area contributed by atoms with Crippen molar-refractivity contribution in [1.82, 2.24) is 0 Å². The van der Waals surface area contributed by atoms with Crippen molar-refractivity contribution in [2.24, 2.45) is 0 Å². The molecule has 0 bridgehead atoms. The fraction of sp³-hybridized carbons (Fsp3) is 0.400. The average Bonchev–Trinajstić information content (AvgIpc) is 2.61. The Hall–Kier alpha value is -2.72. The molecule has 0 N–H and O–H groups in total. The summed E-state index contributed by atoms with van der Waals surface area (Å²) in [6.07, 6.45) is 11.8. The summed E-state index contributed by atoms with van der Waals surface area (Å²) < 4.78 is 10.6. The maximum absolute atomic E-state index is 12.1. The molecular weight excluding hydrogens is 304 g/mol. The van der Waals surface area contributed by atoms with E-state index in [9.17, 15) is 9.59 Å². The van der Waals surface area contributed by atoms with Gasteiger partial charge in [-0.1, -0.05) is 25.7 Å². The lowest BCUT2D eigenvalue weighted by Crippen LogP contribution is -2.29. The zero-order valence-electron chi connectivity index (χ0n) is 14.5. The smallest absolute Gasteiger partial charge is 0.339 e. The maximum Gasteiger partial charge on any atom is 0.339 e. The highest BCUT2D eigenvalue weighted by Gasteiger charge is 2.26. The first kappa shape index (κ1) is 19.3. The van der Waals surface area contributed by atoms with Crippen molar-refractivity contribution in [3.8, 4) is 24.7 Å². The standard InChI is InChI=1S/C20H22O4/c1-7-19(5,8-2)23-17(21)15-11-13-16(14-12-15)18(22)24-20(6,9-3)10-4/h1,3,11-14H,8,10H2,2,4-6H3. The molecule has 0 radical (unpaired) electrons. The fourth-order valence-electron chi connectivity index (χ4n) is 1.68. The van der Waals surface area contributed by atoms with Crippen molar-refractivity contribution in [2.45, 2.75) is 51.7 Å². The van der Waals surface area contributed by atoms with Crippen molar-refractivity contribution in [3.05, 3.63) is 35.4 Å². The van der Waals surface area contributed by atoms with Crippen LogP contribution in [0.5, 0.6) is 0 Å². The first-order valence-electron chi connectivity index (χ1n) is 7.74. The fourth-order valence-corrected chi connectivity index (χ4v) is 1.68. The van der Waals surface area contributed by atoms with Gasteiger partial charge in [0.2, 0.25) is 0 Å². The number of ether oxygens (including phenoxy) is 2. The summed E-state index contributed by atoms with van der Waals surface area (Å²) in [5.41, 5.74) is -1.30. The van der Waals surface area contributed by atoms with Crippen LogP contribution >= 0.6 is 0 Å². The van der Waals surface area contributed by atoms with Crippen molar-refractivity contribution < 1.29 is 19.1 Å². The van der Waals surface area contributed by atoms with Crippen molar-refractivity contribution in [1.29, 1.82) is 0 Å². The minimum atomic E-state index is -0.954. The van der Waals surface area contributed by atoms with Crippen LogP contribution in [-0.2, 0) is 9.47 Å². The van der Waals surface area contributed by atoms with Gasteiger partial charge in [-0.05, 0) is 51.0 Å². The Labute approximate surface area is 143 Å². The Morgan fingerprint density at radius 3 is 1.38 bits per heavy atom. The highest BCUT2D eigenvalue weighted by atomic mass is 16.6. The van der Waals surface area contributed by atoms with Crippen LogP contribution in [0.2, 0.25) is 0 Å². The van der Waals surface area contributed by atoms with Gasteiger partial charge in [0.15, 0.2) is 11.2 Å². The molecule has 0 fully saturated rings. The third kappa shape index (κ3) is 4.64. The van der Waals surface area contributed by atoms with Gasteiger partial charge in [-0.15, -0.1) is 12.8 Å². The van der Waals surface area contributed by atoms with Crippen LogP contribution in [0.1, 0.15) is 61.3 Å². The van der Waals surface area contributed by atoms with E-state index in [0.717, 1.165) is 0 Å². The van der Waals surface area contributed by atoms with Gasteiger partial charge in [0.25, 0.3) is 0 Å². The normalized spacial score (nSPS) is 15.1. The number of carbonyl (C=O) groups excluding carboxylic acids is 2. The Morgan fingerprint density at radius 2 is 1.17 bits per heavy atom. The van der Waals surface area contributed by atoms with Crippen LogP contribution in [0.25, 0.3) is 0 Å². The third-order valence-electron chi connectivity index (χ3n) is 3.95. The first-order valence-corrected chi connectivity index (χ1v) is 7.74. The molecule has 0 heterocycles. The first-order chi connectivity index (χ1) is 11.2. The minimum absolute atomic E-state index is 0.302. The van der Waals surface area contributed by atoms with Gasteiger partial charge in [-0.3, -0.25) is 0 Å². The molecular formula is C20H22O4. The molecule has 0 amide bonds. The number of carbonyl (C=O) groups is 2. The Bertz CT molecular complexity index is 629. The Kier molecular flexibility index (Phi) is 6.20. The van der Waals surface area contributed by atoms with Gasteiger partial charge in [0.1, 0.15) is 0 Å². The van der Waals surface area contributed by atoms with Crippen LogP contribution in [0.15, 0.2) is 24.3 Å². The lowest BCUT2D eigenvalue weighted by molar-refractivity contribution is 0.0116. The summed E-state index contributed by atoms with van der Waals surface area (Å²) in [5, 5.41) is 0. The lowest BCUT2D eigenvalue weighted by Gasteiger charge is -2.23. The van der Waals surface area contributed by atoms with Crippen LogP contribution in [-0.4, -0.2) is 23.1 Å². The monoisotopic (exact) mass is 326 g/mol. The summed E-state index contributed by atoms with van der Waals surface area (Å²) in [4.78, 5) is 24.2. The van der Waals surface area contributed by atoms with Gasteiger partial charge < -0.3 is 9.47 Å². The molecule has 4 heteroatoms. The van der Waals surface area contributed by atoms with Crippen molar-refractivity contribution in [2.75, 3.05) is 0 Å². The van der Waals surface area contributed by atoms with Crippen LogP contribution < -0.4 is 0 Å². The summed E-state index contributed by atoms with van der Waals surface area (Å²) in [7, 11) is 0. The molecule has 1 rings (SSSR count). The van der Waals surface area contributed by atoms with E-state index in [1.807, 2.05) is 13.8 Å². The molecule has 24 heavy (non-hydrogen) atoms. The summed E-state index contributed by atoms with van der Waals surface area (Å²) in [6, 6.07) is 5.96. The number of terminal acetylenes is 2. The van der Waals surface area contributed by atoms with E-state index in [4.69, 9.17) is 22.3 Å². The van der Waals surface area contributed by atoms with Crippen molar-refractivity contribution >= 4 is 11.9 Å². The topological polar surface area (TPSA) is 52.6 Å². The number of esters is 2. The van der Waals surface area contributed by atoms with Crippen LogP contribution in [0.3, 0.4) is 0 Å². The SMILES string of the molecule is C#CC(C)(CC)OC(=O)c1ccc(C(=O)OC(C)(C#C)CC)cc1. The molecule has 2 atom stereocenters. The van der Waals surface area contributed by atoms with E-state index in [1.54, 1.807) is 13.8 Å². The highest BCUT2D eigenvalue weighted by Crippen LogP contribution is 2.19. The predicted octanol–water partition coefficient (Wildman–Crippen LogP) is 3.60. The molecule has 0 aliphatic heterocycles. The summed E-state index contributed by atoms with van der Waals surface area (Å²) in [6.45, 7) is 7.01. The zero-order chi connectivity index (χ0) is 18.4. The van der Waals surface area contributed by atoms with E-state index in [-0.39, 0.29) is 0 Å². The lowest BCUT2D eigenvalue weighted by atomic mass is 10.0. The second kappa shape index (κ2) is 7.70. The van der Waals surface area contributed by atoms with Gasteiger partial charge in [0, 0.05) is 0 Å². The molecule has 0 aliphatic rings. The molecule has 0 saturated heterocycles. The molecule has 0 aliphatic carbocycles. The highest BCUT2D eigenvalue weighted by molar-refractivity contribution is 5.93. The number of hydrogen-bond acceptors (Lipinski definition) is 4. The molecule has 1 aromatic rings. The van der Waals surface area contributed by atoms with Crippen LogP contribution in [0.4, 0.5) is 0 Å². The summed E-state index contributed by atoms with van der Waals surface area (Å²) in [5.74, 6) is 3.84. The second-order valence-electron chi connectivity index (χ2n) is 5.81. The van der Waals surface area contributed by atoms with Gasteiger partial charge in [0.05, 0.1) is 11.1 Å². The number of rotatable bonds is 6. The maximum atomic E-state index is 12.1. The molecule has 0 saturated carbocycles. The minimum Gasteiger partial charge on any atom is -0.443 e. The summed E-state index contributed by atoms with van der Waals surface area (Å²) >= 11 is 0. The zero-order valence-corrected chi connectivity index (χ0v) is 14.5. The average molecular weight is 326 g/mol. The van der Waals surface area contributed by atoms with E-state index >= 15 is 0 Å². The van der Waals surface area contributed by atoms with E-state index < -0.39 is 23.1 Å². The molecule has 4 nitrogen and oxygen atoms in total. The largest absolute Gasteiger partial charge is 0.443 e. The number of hydrogen-bond donors (Lipinski definition) is 0. The second-order valence-corrected chi connectivity index (χ2v) is 5.81. The Balaban J connectivity index is 2.87. The van der Waals surface area contributed by atoms with Gasteiger partial charge >= 0.3 is 11.9 Å². The molecule has 126 valence electrons. The van der Waals surface area contributed by atoms with Crippen molar-refractivity contribution in [3.63, 3.8) is 0 Å². The van der Waals surface area contributed by atoms with Gasteiger partial charge in [-0.2, -0.15) is 0 Å². The van der Waals surface area contributed by atoms with Gasteiger partial charge in [-0.25, -0.2) is 9.59 Å². The Morgan fingerprint density at radius 1 is 0.875 bits per heavy atom. The molecule has 1 aromatic carbocycles. The van der Waals surface area contributed by atoms with Crippen LogP contribution in [0, 0.1) is 24.7 Å². The van der Waals surface area contributed by atoms with E-state index in [0.29, 0.717) is 24.0 Å². The molecule has 0 spiro atoms. The molecule has 0 aromatic heterocycles. The van der Waals surface area contributed by atoms with E-state index in [2.05, 4.69) is 11.8 Å².